The summed E-state index contributed by atoms with van der Waals surface area (Å²) in [6.45, 7) is 8.01. The van der Waals surface area contributed by atoms with Crippen molar-refractivity contribution in [3.05, 3.63) is 33.8 Å². The van der Waals surface area contributed by atoms with Crippen molar-refractivity contribution < 1.29 is 0 Å². The number of hydrogen-bond acceptors (Lipinski definition) is 2. The molecule has 0 aromatic heterocycles. The van der Waals surface area contributed by atoms with Crippen LogP contribution in [-0.2, 0) is 0 Å². The average molecular weight is 353 g/mol. The minimum Gasteiger partial charge on any atom is -0.319 e. The zero-order chi connectivity index (χ0) is 15.2. The van der Waals surface area contributed by atoms with Crippen molar-refractivity contribution in [3.8, 4) is 0 Å². The monoisotopic (exact) mass is 352 g/mol. The summed E-state index contributed by atoms with van der Waals surface area (Å²) < 4.78 is 1.24. The summed E-state index contributed by atoms with van der Waals surface area (Å²) in [5.41, 5.74) is 2.79. The van der Waals surface area contributed by atoms with Gasteiger partial charge in [0, 0.05) is 10.5 Å². The number of nitrogens with one attached hydrogen (secondary N) is 1. The van der Waals surface area contributed by atoms with Crippen LogP contribution in [0.2, 0.25) is 0 Å². The first-order chi connectivity index (χ1) is 10.2. The van der Waals surface area contributed by atoms with E-state index in [4.69, 9.17) is 0 Å². The molecule has 1 heterocycles. The van der Waals surface area contributed by atoms with Crippen molar-refractivity contribution in [1.29, 1.82) is 0 Å². The lowest BCUT2D eigenvalue weighted by atomic mass is 9.88. The Hall–Kier alpha value is -0.380. The number of hydrogen-bond donors (Lipinski definition) is 1. The smallest absolute Gasteiger partial charge is 0.0388 e. The molecule has 0 amide bonds. The molecule has 21 heavy (non-hydrogen) atoms. The molecule has 1 aliphatic rings. The van der Waals surface area contributed by atoms with Gasteiger partial charge in [0.25, 0.3) is 0 Å². The minimum absolute atomic E-state index is 0.553. The maximum Gasteiger partial charge on any atom is 0.0388 e. The number of likely N-dealkylation sites (tertiary alicyclic amines) is 1. The average Bonchev–Trinajstić information content (AvgIpc) is 2.66. The molecule has 0 spiro atoms. The lowest BCUT2D eigenvalue weighted by Gasteiger charge is -2.35. The lowest BCUT2D eigenvalue weighted by Crippen LogP contribution is -2.36. The molecule has 0 radical (unpaired) electrons. The molecule has 2 unspecified atom stereocenters. The largest absolute Gasteiger partial charge is 0.319 e. The van der Waals surface area contributed by atoms with E-state index in [1.807, 2.05) is 0 Å². The van der Waals surface area contributed by atoms with Gasteiger partial charge in [0.2, 0.25) is 0 Å². The first-order valence-electron chi connectivity index (χ1n) is 8.32. The third-order valence-corrected chi connectivity index (χ3v) is 5.48. The Bertz CT molecular complexity index is 431. The van der Waals surface area contributed by atoms with E-state index in [0.717, 1.165) is 6.54 Å². The zero-order valence-electron chi connectivity index (χ0n) is 13.7. The molecular formula is C18H29BrN2. The van der Waals surface area contributed by atoms with E-state index in [-0.39, 0.29) is 0 Å². The van der Waals surface area contributed by atoms with Crippen LogP contribution in [0.5, 0.6) is 0 Å². The normalized spacial score (nSPS) is 24.0. The predicted molar refractivity (Wildman–Crippen MR) is 94.8 cm³/mol. The first kappa shape index (κ1) is 17.0. The Morgan fingerprint density at radius 2 is 2.14 bits per heavy atom. The molecule has 3 heteroatoms. The van der Waals surface area contributed by atoms with Crippen LogP contribution in [0.1, 0.15) is 49.8 Å². The fraction of sp³-hybridized carbons (Fsp3) is 0.667. The van der Waals surface area contributed by atoms with Gasteiger partial charge in [0.1, 0.15) is 0 Å². The predicted octanol–water partition coefficient (Wildman–Crippen LogP) is 4.53. The van der Waals surface area contributed by atoms with E-state index in [0.29, 0.717) is 12.0 Å². The SMILES string of the molecule is CCCN1CCCCC(CNC)C1c1ccc(C)c(Br)c1. The maximum atomic E-state index is 3.72. The number of nitrogens with zero attached hydrogens (tertiary/aromatic N) is 1. The summed E-state index contributed by atoms with van der Waals surface area (Å²) in [7, 11) is 2.08. The molecule has 2 atom stereocenters. The lowest BCUT2D eigenvalue weighted by molar-refractivity contribution is 0.154. The van der Waals surface area contributed by atoms with Crippen LogP contribution in [0.15, 0.2) is 22.7 Å². The summed E-state index contributed by atoms with van der Waals surface area (Å²) in [4.78, 5) is 2.71. The molecule has 1 N–H and O–H groups in total. The molecule has 1 aliphatic heterocycles. The van der Waals surface area contributed by atoms with Crippen molar-refractivity contribution in [1.82, 2.24) is 10.2 Å². The van der Waals surface area contributed by atoms with Gasteiger partial charge in [-0.1, -0.05) is 41.4 Å². The molecule has 2 rings (SSSR count). The molecule has 2 nitrogen and oxygen atoms in total. The van der Waals surface area contributed by atoms with E-state index in [1.54, 1.807) is 0 Å². The minimum atomic E-state index is 0.553. The summed E-state index contributed by atoms with van der Waals surface area (Å²) >= 11 is 3.72. The Kier molecular flexibility index (Phi) is 6.72. The van der Waals surface area contributed by atoms with Gasteiger partial charge in [-0.25, -0.2) is 0 Å². The Morgan fingerprint density at radius 3 is 2.81 bits per heavy atom. The second-order valence-electron chi connectivity index (χ2n) is 6.30. The fourth-order valence-electron chi connectivity index (χ4n) is 3.61. The molecule has 1 fully saturated rings. The number of benzene rings is 1. The highest BCUT2D eigenvalue weighted by Crippen LogP contribution is 2.36. The molecule has 1 aromatic rings. The van der Waals surface area contributed by atoms with Crippen LogP contribution < -0.4 is 5.32 Å². The van der Waals surface area contributed by atoms with Crippen LogP contribution in [0, 0.1) is 12.8 Å². The molecule has 0 aliphatic carbocycles. The van der Waals surface area contributed by atoms with Gasteiger partial charge < -0.3 is 5.32 Å². The number of halogens is 1. The zero-order valence-corrected chi connectivity index (χ0v) is 15.2. The van der Waals surface area contributed by atoms with Crippen molar-refractivity contribution in [2.45, 2.75) is 45.6 Å². The van der Waals surface area contributed by atoms with E-state index in [1.165, 1.54) is 54.4 Å². The second-order valence-corrected chi connectivity index (χ2v) is 7.16. The molecule has 118 valence electrons. The van der Waals surface area contributed by atoms with E-state index < -0.39 is 0 Å². The third kappa shape index (κ3) is 4.30. The van der Waals surface area contributed by atoms with Crippen molar-refractivity contribution in [3.63, 3.8) is 0 Å². The van der Waals surface area contributed by atoms with Gasteiger partial charge >= 0.3 is 0 Å². The quantitative estimate of drug-likeness (QED) is 0.837. The molecular weight excluding hydrogens is 324 g/mol. The van der Waals surface area contributed by atoms with Crippen LogP contribution in [0.3, 0.4) is 0 Å². The Morgan fingerprint density at radius 1 is 1.33 bits per heavy atom. The van der Waals surface area contributed by atoms with Gasteiger partial charge in [-0.05, 0) is 76.0 Å². The maximum absolute atomic E-state index is 3.72. The first-order valence-corrected chi connectivity index (χ1v) is 9.11. The van der Waals surface area contributed by atoms with E-state index in [9.17, 15) is 0 Å². The highest BCUT2D eigenvalue weighted by Gasteiger charge is 2.30. The third-order valence-electron chi connectivity index (χ3n) is 4.62. The van der Waals surface area contributed by atoms with Gasteiger partial charge in [-0.15, -0.1) is 0 Å². The highest BCUT2D eigenvalue weighted by molar-refractivity contribution is 9.10. The summed E-state index contributed by atoms with van der Waals surface area (Å²) in [6, 6.07) is 7.49. The van der Waals surface area contributed by atoms with E-state index in [2.05, 4.69) is 65.2 Å². The molecule has 0 saturated carbocycles. The Labute approximate surface area is 138 Å². The van der Waals surface area contributed by atoms with Gasteiger partial charge in [-0.3, -0.25) is 4.90 Å². The van der Waals surface area contributed by atoms with Crippen LogP contribution >= 0.6 is 15.9 Å². The van der Waals surface area contributed by atoms with Gasteiger partial charge in [0.15, 0.2) is 0 Å². The standard InChI is InChI=1S/C18H29BrN2/c1-4-10-21-11-6-5-7-16(13-20-3)18(21)15-9-8-14(2)17(19)12-15/h8-9,12,16,18,20H,4-7,10-11,13H2,1-3H3. The van der Waals surface area contributed by atoms with Crippen LogP contribution in [0.25, 0.3) is 0 Å². The highest BCUT2D eigenvalue weighted by atomic mass is 79.9. The number of rotatable bonds is 5. The van der Waals surface area contributed by atoms with Crippen LogP contribution in [0.4, 0.5) is 0 Å². The summed E-state index contributed by atoms with van der Waals surface area (Å²) in [5, 5.41) is 3.42. The van der Waals surface area contributed by atoms with Crippen LogP contribution in [-0.4, -0.2) is 31.6 Å². The Balaban J connectivity index is 2.34. The number of aryl methyl sites for hydroxylation is 1. The molecule has 1 saturated heterocycles. The summed E-state index contributed by atoms with van der Waals surface area (Å²) in [6.07, 6.45) is 5.26. The fourth-order valence-corrected chi connectivity index (χ4v) is 4.00. The summed E-state index contributed by atoms with van der Waals surface area (Å²) in [5.74, 6) is 0.707. The molecule has 0 bridgehead atoms. The van der Waals surface area contributed by atoms with Gasteiger partial charge in [-0.2, -0.15) is 0 Å². The second kappa shape index (κ2) is 8.30. The van der Waals surface area contributed by atoms with Crippen molar-refractivity contribution in [2.75, 3.05) is 26.7 Å². The topological polar surface area (TPSA) is 15.3 Å². The van der Waals surface area contributed by atoms with Crippen molar-refractivity contribution >= 4 is 15.9 Å². The molecule has 1 aromatic carbocycles. The van der Waals surface area contributed by atoms with Crippen molar-refractivity contribution in [2.24, 2.45) is 5.92 Å². The van der Waals surface area contributed by atoms with E-state index >= 15 is 0 Å². The van der Waals surface area contributed by atoms with Gasteiger partial charge in [0.05, 0.1) is 0 Å².